The second-order valence-corrected chi connectivity index (χ2v) is 1.92. The van der Waals surface area contributed by atoms with Crippen LogP contribution in [0.15, 0.2) is 0 Å². The highest BCUT2D eigenvalue weighted by Gasteiger charge is 2.24. The van der Waals surface area contributed by atoms with Crippen molar-refractivity contribution in [2.24, 2.45) is 0 Å². The molecule has 1 heterocycles. The Bertz CT molecular complexity index is 96.4. The highest BCUT2D eigenvalue weighted by atomic mass is 19.1. The molecule has 0 aromatic carbocycles. The van der Waals surface area contributed by atoms with Gasteiger partial charge < -0.3 is 10.1 Å². The van der Waals surface area contributed by atoms with Crippen molar-refractivity contribution in [1.29, 1.82) is 0 Å². The molecule has 0 aliphatic carbocycles. The summed E-state index contributed by atoms with van der Waals surface area (Å²) in [5.41, 5.74) is 0. The van der Waals surface area contributed by atoms with Crippen LogP contribution in [0, 0.1) is 0 Å². The third-order valence-corrected chi connectivity index (χ3v) is 1.34. The van der Waals surface area contributed by atoms with Crippen molar-refractivity contribution in [3.63, 3.8) is 0 Å². The zero-order chi connectivity index (χ0) is 5.98. The summed E-state index contributed by atoms with van der Waals surface area (Å²) < 4.78 is 12.3. The summed E-state index contributed by atoms with van der Waals surface area (Å²) in [5.74, 6) is 0. The molecule has 46 valence electrons. The van der Waals surface area contributed by atoms with Crippen molar-refractivity contribution in [3.05, 3.63) is 0 Å². The van der Waals surface area contributed by atoms with E-state index in [2.05, 4.69) is 5.32 Å². The zero-order valence-electron chi connectivity index (χ0n) is 4.43. The van der Waals surface area contributed by atoms with Crippen molar-refractivity contribution in [1.82, 2.24) is 5.32 Å². The van der Waals surface area contributed by atoms with Gasteiger partial charge >= 0.3 is 0 Å². The van der Waals surface area contributed by atoms with E-state index in [0.717, 1.165) is 0 Å². The monoisotopic (exact) mass is 117 g/mol. The molecule has 1 aliphatic rings. The van der Waals surface area contributed by atoms with E-state index < -0.39 is 12.2 Å². The number of nitrogens with one attached hydrogen (secondary N) is 1. The zero-order valence-corrected chi connectivity index (χ0v) is 4.43. The topological polar surface area (TPSA) is 29.1 Å². The lowest BCUT2D eigenvalue weighted by molar-refractivity contribution is -0.110. The van der Waals surface area contributed by atoms with E-state index in [9.17, 15) is 9.18 Å². The predicted molar refractivity (Wildman–Crippen MR) is 27.4 cm³/mol. The number of carbonyl (C=O) groups excluding carboxylic acids is 1. The third-order valence-electron chi connectivity index (χ3n) is 1.34. The standard InChI is InChI=1S/C5H8FNO/c6-4-1-2-7-5(4)3-8/h3-5,7H,1-2H2. The summed E-state index contributed by atoms with van der Waals surface area (Å²) in [5, 5.41) is 2.71. The van der Waals surface area contributed by atoms with Crippen molar-refractivity contribution < 1.29 is 9.18 Å². The fourth-order valence-corrected chi connectivity index (χ4v) is 0.829. The first-order chi connectivity index (χ1) is 3.84. The summed E-state index contributed by atoms with van der Waals surface area (Å²) in [4.78, 5) is 9.92. The van der Waals surface area contributed by atoms with E-state index in [4.69, 9.17) is 0 Å². The van der Waals surface area contributed by atoms with E-state index in [1.807, 2.05) is 0 Å². The summed E-state index contributed by atoms with van der Waals surface area (Å²) in [6.45, 7) is 0.630. The first kappa shape index (κ1) is 5.69. The predicted octanol–water partition coefficient (Wildman–Crippen LogP) is -0.115. The summed E-state index contributed by atoms with van der Waals surface area (Å²) in [6, 6.07) is -0.532. The third kappa shape index (κ3) is 0.865. The van der Waals surface area contributed by atoms with Gasteiger partial charge in [-0.05, 0) is 13.0 Å². The number of aldehydes is 1. The molecule has 1 fully saturated rings. The van der Waals surface area contributed by atoms with E-state index in [-0.39, 0.29) is 0 Å². The molecule has 1 saturated heterocycles. The second-order valence-electron chi connectivity index (χ2n) is 1.92. The second kappa shape index (κ2) is 2.22. The number of alkyl halides is 1. The molecule has 0 spiro atoms. The van der Waals surface area contributed by atoms with Crippen LogP contribution >= 0.6 is 0 Å². The number of hydrogen-bond donors (Lipinski definition) is 1. The molecule has 0 radical (unpaired) electrons. The molecule has 2 nitrogen and oxygen atoms in total. The molecule has 1 rings (SSSR count). The molecule has 3 heteroatoms. The van der Waals surface area contributed by atoms with E-state index in [1.165, 1.54) is 0 Å². The van der Waals surface area contributed by atoms with Gasteiger partial charge in [0.15, 0.2) is 0 Å². The minimum atomic E-state index is -0.951. The Morgan fingerprint density at radius 3 is 2.75 bits per heavy atom. The fourth-order valence-electron chi connectivity index (χ4n) is 0.829. The van der Waals surface area contributed by atoms with E-state index in [0.29, 0.717) is 19.3 Å². The lowest BCUT2D eigenvalue weighted by Gasteiger charge is -2.00. The molecular weight excluding hydrogens is 109 g/mol. The van der Waals surface area contributed by atoms with Gasteiger partial charge in [0.2, 0.25) is 0 Å². The maximum Gasteiger partial charge on any atom is 0.139 e. The molecule has 0 aromatic rings. The van der Waals surface area contributed by atoms with Crippen LogP contribution < -0.4 is 5.32 Å². The van der Waals surface area contributed by atoms with Crippen molar-refractivity contribution in [2.45, 2.75) is 18.6 Å². The van der Waals surface area contributed by atoms with Crippen LogP contribution in [0.2, 0.25) is 0 Å². The maximum absolute atomic E-state index is 12.3. The van der Waals surface area contributed by atoms with Crippen LogP contribution in [-0.4, -0.2) is 25.0 Å². The van der Waals surface area contributed by atoms with Crippen LogP contribution in [0.5, 0.6) is 0 Å². The molecule has 2 atom stereocenters. The molecule has 0 amide bonds. The normalized spacial score (nSPS) is 37.6. The lowest BCUT2D eigenvalue weighted by atomic mass is 10.2. The van der Waals surface area contributed by atoms with Gasteiger partial charge in [0.25, 0.3) is 0 Å². The Labute approximate surface area is 47.1 Å². The van der Waals surface area contributed by atoms with Gasteiger partial charge in [-0.15, -0.1) is 0 Å². The van der Waals surface area contributed by atoms with Crippen LogP contribution in [0.4, 0.5) is 4.39 Å². The SMILES string of the molecule is O=CC1NCCC1F. The Morgan fingerprint density at radius 1 is 1.75 bits per heavy atom. The Balaban J connectivity index is 2.41. The average molecular weight is 117 g/mol. The number of carbonyl (C=O) groups is 1. The van der Waals surface area contributed by atoms with Gasteiger partial charge in [-0.25, -0.2) is 4.39 Å². The molecule has 0 saturated carbocycles. The first-order valence-electron chi connectivity index (χ1n) is 2.67. The van der Waals surface area contributed by atoms with Crippen molar-refractivity contribution >= 4 is 6.29 Å². The minimum absolute atomic E-state index is 0.476. The summed E-state index contributed by atoms with van der Waals surface area (Å²) in [7, 11) is 0. The lowest BCUT2D eigenvalue weighted by Crippen LogP contribution is -2.28. The van der Waals surface area contributed by atoms with Crippen LogP contribution in [0.1, 0.15) is 6.42 Å². The Kier molecular flexibility index (Phi) is 1.58. The quantitative estimate of drug-likeness (QED) is 0.485. The molecular formula is C5H8FNO. The number of hydrogen-bond acceptors (Lipinski definition) is 2. The first-order valence-corrected chi connectivity index (χ1v) is 2.67. The van der Waals surface area contributed by atoms with Gasteiger partial charge in [-0.3, -0.25) is 0 Å². The van der Waals surface area contributed by atoms with Crippen molar-refractivity contribution in [2.75, 3.05) is 6.54 Å². The van der Waals surface area contributed by atoms with Gasteiger partial charge in [0.1, 0.15) is 12.5 Å². The van der Waals surface area contributed by atoms with Crippen LogP contribution in [0.25, 0.3) is 0 Å². The molecule has 2 unspecified atom stereocenters. The molecule has 8 heavy (non-hydrogen) atoms. The number of rotatable bonds is 1. The highest BCUT2D eigenvalue weighted by molar-refractivity contribution is 5.59. The van der Waals surface area contributed by atoms with E-state index >= 15 is 0 Å². The van der Waals surface area contributed by atoms with Gasteiger partial charge in [0.05, 0.1) is 6.04 Å². The average Bonchev–Trinajstić information content (AvgIpc) is 2.14. The molecule has 1 N–H and O–H groups in total. The van der Waals surface area contributed by atoms with Crippen molar-refractivity contribution in [3.8, 4) is 0 Å². The van der Waals surface area contributed by atoms with Gasteiger partial charge in [-0.1, -0.05) is 0 Å². The smallest absolute Gasteiger partial charge is 0.139 e. The highest BCUT2D eigenvalue weighted by Crippen LogP contribution is 2.07. The van der Waals surface area contributed by atoms with E-state index in [1.54, 1.807) is 0 Å². The summed E-state index contributed by atoms with van der Waals surface area (Å²) in [6.07, 6.45) is 0.147. The Morgan fingerprint density at radius 2 is 2.50 bits per heavy atom. The van der Waals surface area contributed by atoms with Gasteiger partial charge in [0, 0.05) is 0 Å². The largest absolute Gasteiger partial charge is 0.305 e. The summed E-state index contributed by atoms with van der Waals surface area (Å²) >= 11 is 0. The molecule has 0 bridgehead atoms. The Hall–Kier alpha value is -0.440. The number of halogens is 1. The molecule has 1 aliphatic heterocycles. The minimum Gasteiger partial charge on any atom is -0.305 e. The maximum atomic E-state index is 12.3. The van der Waals surface area contributed by atoms with Crippen LogP contribution in [-0.2, 0) is 4.79 Å². The fraction of sp³-hybridized carbons (Fsp3) is 0.800. The van der Waals surface area contributed by atoms with Gasteiger partial charge in [-0.2, -0.15) is 0 Å². The molecule has 0 aromatic heterocycles. The van der Waals surface area contributed by atoms with Crippen LogP contribution in [0.3, 0.4) is 0 Å².